The molecule has 1 aliphatic heterocycles. The number of benzene rings is 3. The van der Waals surface area contributed by atoms with Crippen LogP contribution in [0.5, 0.6) is 11.5 Å². The standard InChI is InChI=1S/C23H15Cl2FO3/c1-13-20(28-12-15-6-7-16(24)11-18(15)25)9-8-17-22(27)21(29-23(13)17)10-14-4-2-3-5-19(14)26/h2-11H,12H2,1H3/b21-10-. The number of ketones is 1. The monoisotopic (exact) mass is 428 g/mol. The molecule has 0 aromatic heterocycles. The first-order chi connectivity index (χ1) is 13.9. The molecule has 6 heteroatoms. The number of fused-ring (bicyclic) bond motifs is 1. The summed E-state index contributed by atoms with van der Waals surface area (Å²) in [5.41, 5.74) is 2.17. The Morgan fingerprint density at radius 3 is 2.66 bits per heavy atom. The number of allylic oxidation sites excluding steroid dienone is 1. The van der Waals surface area contributed by atoms with Gasteiger partial charge in [0, 0.05) is 26.7 Å². The molecular weight excluding hydrogens is 414 g/mol. The number of carbonyl (C=O) groups excluding carboxylic acids is 1. The summed E-state index contributed by atoms with van der Waals surface area (Å²) in [5.74, 6) is 0.338. The van der Waals surface area contributed by atoms with E-state index in [1.165, 1.54) is 12.1 Å². The highest BCUT2D eigenvalue weighted by Crippen LogP contribution is 2.39. The van der Waals surface area contributed by atoms with Crippen LogP contribution in [0.1, 0.15) is 27.0 Å². The molecule has 0 N–H and O–H groups in total. The van der Waals surface area contributed by atoms with Gasteiger partial charge in [-0.25, -0.2) is 4.39 Å². The van der Waals surface area contributed by atoms with Gasteiger partial charge in [-0.2, -0.15) is 0 Å². The van der Waals surface area contributed by atoms with Gasteiger partial charge in [0.25, 0.3) is 0 Å². The van der Waals surface area contributed by atoms with E-state index in [1.807, 2.05) is 0 Å². The average molecular weight is 429 g/mol. The molecule has 0 saturated heterocycles. The zero-order valence-electron chi connectivity index (χ0n) is 15.3. The lowest BCUT2D eigenvalue weighted by atomic mass is 10.1. The SMILES string of the molecule is Cc1c(OCc2ccc(Cl)cc2Cl)ccc2c1O/C(=C\c1ccccc1F)C2=O. The van der Waals surface area contributed by atoms with Crippen LogP contribution in [-0.4, -0.2) is 5.78 Å². The third kappa shape index (κ3) is 3.86. The van der Waals surface area contributed by atoms with E-state index in [0.29, 0.717) is 32.7 Å². The van der Waals surface area contributed by atoms with E-state index >= 15 is 0 Å². The summed E-state index contributed by atoms with van der Waals surface area (Å²) >= 11 is 12.1. The lowest BCUT2D eigenvalue weighted by Gasteiger charge is -2.12. The molecule has 4 rings (SSSR count). The van der Waals surface area contributed by atoms with E-state index in [0.717, 1.165) is 5.56 Å². The smallest absolute Gasteiger partial charge is 0.231 e. The third-order valence-corrected chi connectivity index (χ3v) is 5.21. The van der Waals surface area contributed by atoms with Gasteiger partial charge < -0.3 is 9.47 Å². The Morgan fingerprint density at radius 2 is 1.90 bits per heavy atom. The summed E-state index contributed by atoms with van der Waals surface area (Å²) in [6.07, 6.45) is 1.41. The summed E-state index contributed by atoms with van der Waals surface area (Å²) in [6.45, 7) is 2.04. The molecule has 0 radical (unpaired) electrons. The van der Waals surface area contributed by atoms with Crippen molar-refractivity contribution in [3.63, 3.8) is 0 Å². The van der Waals surface area contributed by atoms with E-state index in [-0.39, 0.29) is 23.7 Å². The maximum atomic E-state index is 13.9. The maximum Gasteiger partial charge on any atom is 0.231 e. The van der Waals surface area contributed by atoms with E-state index in [2.05, 4.69) is 0 Å². The van der Waals surface area contributed by atoms with Crippen LogP contribution in [0.15, 0.2) is 60.4 Å². The van der Waals surface area contributed by atoms with Crippen molar-refractivity contribution in [1.29, 1.82) is 0 Å². The second-order valence-corrected chi connectivity index (χ2v) is 7.39. The molecule has 29 heavy (non-hydrogen) atoms. The van der Waals surface area contributed by atoms with Crippen LogP contribution in [0, 0.1) is 12.7 Å². The Morgan fingerprint density at radius 1 is 1.10 bits per heavy atom. The molecule has 3 aromatic rings. The summed E-state index contributed by atoms with van der Waals surface area (Å²) < 4.78 is 25.6. The molecule has 0 aliphatic carbocycles. The predicted octanol–water partition coefficient (Wildman–Crippen LogP) is 6.64. The molecule has 0 atom stereocenters. The molecule has 3 aromatic carbocycles. The van der Waals surface area contributed by atoms with Gasteiger partial charge in [0.15, 0.2) is 5.76 Å². The molecule has 0 saturated carbocycles. The zero-order chi connectivity index (χ0) is 20.5. The number of hydrogen-bond acceptors (Lipinski definition) is 3. The minimum absolute atomic E-state index is 0.0751. The molecule has 0 bridgehead atoms. The number of hydrogen-bond donors (Lipinski definition) is 0. The van der Waals surface area contributed by atoms with Crippen molar-refractivity contribution >= 4 is 35.1 Å². The van der Waals surface area contributed by atoms with E-state index in [1.54, 1.807) is 55.5 Å². The summed E-state index contributed by atoms with van der Waals surface area (Å²) in [6, 6.07) is 14.7. The highest BCUT2D eigenvalue weighted by atomic mass is 35.5. The maximum absolute atomic E-state index is 13.9. The second-order valence-electron chi connectivity index (χ2n) is 6.55. The van der Waals surface area contributed by atoms with Crippen molar-refractivity contribution in [2.45, 2.75) is 13.5 Å². The van der Waals surface area contributed by atoms with Gasteiger partial charge in [0.1, 0.15) is 23.9 Å². The van der Waals surface area contributed by atoms with Crippen molar-refractivity contribution in [1.82, 2.24) is 0 Å². The Balaban J connectivity index is 1.59. The Kier molecular flexibility index (Phi) is 5.31. The molecule has 3 nitrogen and oxygen atoms in total. The number of ether oxygens (including phenoxy) is 2. The van der Waals surface area contributed by atoms with E-state index in [9.17, 15) is 9.18 Å². The summed E-state index contributed by atoms with van der Waals surface area (Å²) in [5, 5.41) is 1.06. The van der Waals surface area contributed by atoms with Gasteiger partial charge in [0.05, 0.1) is 5.56 Å². The second kappa shape index (κ2) is 7.90. The highest BCUT2D eigenvalue weighted by Gasteiger charge is 2.30. The van der Waals surface area contributed by atoms with Crippen molar-refractivity contribution < 1.29 is 18.7 Å². The minimum Gasteiger partial charge on any atom is -0.488 e. The largest absolute Gasteiger partial charge is 0.488 e. The van der Waals surface area contributed by atoms with Crippen LogP contribution >= 0.6 is 23.2 Å². The lowest BCUT2D eigenvalue weighted by Crippen LogP contribution is -1.99. The van der Waals surface area contributed by atoms with Crippen LogP contribution in [0.25, 0.3) is 6.08 Å². The number of carbonyl (C=O) groups is 1. The fourth-order valence-corrected chi connectivity index (χ4v) is 3.52. The summed E-state index contributed by atoms with van der Waals surface area (Å²) in [7, 11) is 0. The third-order valence-electron chi connectivity index (χ3n) is 4.63. The normalized spacial score (nSPS) is 14.1. The minimum atomic E-state index is -0.423. The predicted molar refractivity (Wildman–Crippen MR) is 111 cm³/mol. The lowest BCUT2D eigenvalue weighted by molar-refractivity contribution is 0.101. The molecule has 1 heterocycles. The fraction of sp³-hybridized carbons (Fsp3) is 0.0870. The molecular formula is C23H15Cl2FO3. The number of rotatable bonds is 4. The zero-order valence-corrected chi connectivity index (χ0v) is 16.9. The Hall–Kier alpha value is -2.82. The van der Waals surface area contributed by atoms with Crippen molar-refractivity contribution in [3.8, 4) is 11.5 Å². The van der Waals surface area contributed by atoms with Crippen LogP contribution in [0.4, 0.5) is 4.39 Å². The van der Waals surface area contributed by atoms with Gasteiger partial charge in [-0.05, 0) is 43.3 Å². The molecule has 0 amide bonds. The van der Waals surface area contributed by atoms with Gasteiger partial charge in [-0.1, -0.05) is 47.5 Å². The molecule has 0 fully saturated rings. The van der Waals surface area contributed by atoms with Gasteiger partial charge >= 0.3 is 0 Å². The Bertz CT molecular complexity index is 1150. The Labute approximate surface area is 177 Å². The van der Waals surface area contributed by atoms with E-state index < -0.39 is 5.82 Å². The van der Waals surface area contributed by atoms with Gasteiger partial charge in [-0.3, -0.25) is 4.79 Å². The fourth-order valence-electron chi connectivity index (χ4n) is 3.05. The number of Topliss-reactive ketones (excluding diaryl/α,β-unsaturated/α-hetero) is 1. The molecule has 0 unspecified atom stereocenters. The van der Waals surface area contributed by atoms with Gasteiger partial charge in [-0.15, -0.1) is 0 Å². The first-order valence-corrected chi connectivity index (χ1v) is 9.59. The van der Waals surface area contributed by atoms with Crippen LogP contribution in [0.3, 0.4) is 0 Å². The van der Waals surface area contributed by atoms with Crippen LogP contribution in [-0.2, 0) is 6.61 Å². The van der Waals surface area contributed by atoms with Crippen molar-refractivity contribution in [2.24, 2.45) is 0 Å². The van der Waals surface area contributed by atoms with Crippen molar-refractivity contribution in [3.05, 3.63) is 98.5 Å². The molecule has 1 aliphatic rings. The summed E-state index contributed by atoms with van der Waals surface area (Å²) in [4.78, 5) is 12.6. The molecule has 0 spiro atoms. The number of halogens is 3. The van der Waals surface area contributed by atoms with Gasteiger partial charge in [0.2, 0.25) is 5.78 Å². The molecule has 146 valence electrons. The first-order valence-electron chi connectivity index (χ1n) is 8.83. The van der Waals surface area contributed by atoms with E-state index in [4.69, 9.17) is 32.7 Å². The highest BCUT2D eigenvalue weighted by molar-refractivity contribution is 6.35. The topological polar surface area (TPSA) is 35.5 Å². The van der Waals surface area contributed by atoms with Crippen LogP contribution < -0.4 is 9.47 Å². The first kappa shape index (κ1) is 19.5. The van der Waals surface area contributed by atoms with Crippen LogP contribution in [0.2, 0.25) is 10.0 Å². The average Bonchev–Trinajstić information content (AvgIpc) is 3.01. The van der Waals surface area contributed by atoms with Crippen molar-refractivity contribution in [2.75, 3.05) is 0 Å². The quantitative estimate of drug-likeness (QED) is 0.437.